The fourth-order valence-corrected chi connectivity index (χ4v) is 2.32. The zero-order valence-corrected chi connectivity index (χ0v) is 12.4. The molecule has 0 spiro atoms. The summed E-state index contributed by atoms with van der Waals surface area (Å²) in [5, 5.41) is 0. The van der Waals surface area contributed by atoms with Crippen molar-refractivity contribution in [2.45, 2.75) is 27.7 Å². The van der Waals surface area contributed by atoms with Crippen LogP contribution >= 0.6 is 0 Å². The zero-order valence-electron chi connectivity index (χ0n) is 12.4. The van der Waals surface area contributed by atoms with E-state index >= 15 is 0 Å². The van der Waals surface area contributed by atoms with Crippen LogP contribution in [0.15, 0.2) is 54.1 Å². The van der Waals surface area contributed by atoms with Gasteiger partial charge in [-0.3, -0.25) is 9.59 Å². The van der Waals surface area contributed by atoms with Gasteiger partial charge in [-0.05, 0) is 0 Å². The van der Waals surface area contributed by atoms with E-state index in [0.717, 1.165) is 0 Å². The maximum atomic E-state index is 12.6. The van der Waals surface area contributed by atoms with Crippen molar-refractivity contribution in [2.24, 2.45) is 10.8 Å². The van der Waals surface area contributed by atoms with Crippen molar-refractivity contribution in [3.63, 3.8) is 0 Å². The fourth-order valence-electron chi connectivity index (χ4n) is 2.32. The lowest BCUT2D eigenvalue weighted by Gasteiger charge is -2.32. The molecule has 20 heavy (non-hydrogen) atoms. The molecule has 1 aliphatic rings. The molecular formula is C18H20O2. The maximum absolute atomic E-state index is 12.6. The smallest absolute Gasteiger partial charge is 0.233 e. The molecule has 104 valence electrons. The minimum atomic E-state index is -0.434. The van der Waals surface area contributed by atoms with Gasteiger partial charge in [0.25, 0.3) is 0 Å². The Labute approximate surface area is 120 Å². The number of benzene rings is 1. The Morgan fingerprint density at radius 1 is 0.850 bits per heavy atom. The SMILES string of the molecule is CC1(C)C=CC(C)(C)C(C(=O)C(=O)c2ccccc2)=C1. The summed E-state index contributed by atoms with van der Waals surface area (Å²) in [6.45, 7) is 7.97. The van der Waals surface area contributed by atoms with Crippen LogP contribution in [0, 0.1) is 10.8 Å². The molecule has 0 bridgehead atoms. The van der Waals surface area contributed by atoms with E-state index < -0.39 is 17.0 Å². The van der Waals surface area contributed by atoms with Gasteiger partial charge in [0.1, 0.15) is 0 Å². The van der Waals surface area contributed by atoms with E-state index in [1.165, 1.54) is 0 Å². The molecule has 0 fully saturated rings. The first-order chi connectivity index (χ1) is 9.23. The summed E-state index contributed by atoms with van der Waals surface area (Å²) in [6.07, 6.45) is 6.01. The second-order valence-electron chi connectivity index (χ2n) is 6.46. The molecule has 0 unspecified atom stereocenters. The number of rotatable bonds is 3. The molecule has 0 amide bonds. The van der Waals surface area contributed by atoms with Gasteiger partial charge >= 0.3 is 0 Å². The second-order valence-corrected chi connectivity index (χ2v) is 6.46. The highest BCUT2D eigenvalue weighted by Crippen LogP contribution is 2.39. The monoisotopic (exact) mass is 268 g/mol. The van der Waals surface area contributed by atoms with Crippen LogP contribution in [0.5, 0.6) is 0 Å². The van der Waals surface area contributed by atoms with Crippen LogP contribution in [0.1, 0.15) is 38.1 Å². The number of hydrogen-bond donors (Lipinski definition) is 0. The molecular weight excluding hydrogens is 248 g/mol. The highest BCUT2D eigenvalue weighted by Gasteiger charge is 2.35. The fraction of sp³-hybridized carbons (Fsp3) is 0.333. The molecule has 1 aliphatic carbocycles. The third-order valence-electron chi connectivity index (χ3n) is 3.63. The van der Waals surface area contributed by atoms with Gasteiger partial charge in [-0.15, -0.1) is 0 Å². The molecule has 1 aromatic rings. The van der Waals surface area contributed by atoms with Crippen molar-refractivity contribution in [3.05, 3.63) is 59.7 Å². The molecule has 0 heterocycles. The van der Waals surface area contributed by atoms with E-state index in [4.69, 9.17) is 0 Å². The molecule has 0 N–H and O–H groups in total. The Kier molecular flexibility index (Phi) is 3.51. The second kappa shape index (κ2) is 4.86. The Bertz CT molecular complexity index is 602. The predicted octanol–water partition coefficient (Wildman–Crippen LogP) is 3.99. The van der Waals surface area contributed by atoms with Crippen LogP contribution in [0.3, 0.4) is 0 Å². The predicted molar refractivity (Wildman–Crippen MR) is 80.6 cm³/mol. The number of ketones is 2. The quantitative estimate of drug-likeness (QED) is 0.472. The van der Waals surface area contributed by atoms with E-state index in [-0.39, 0.29) is 5.41 Å². The molecule has 2 heteroatoms. The van der Waals surface area contributed by atoms with Gasteiger partial charge in [-0.1, -0.05) is 76.3 Å². The van der Waals surface area contributed by atoms with Crippen LogP contribution in [0.25, 0.3) is 0 Å². The van der Waals surface area contributed by atoms with Crippen molar-refractivity contribution in [3.8, 4) is 0 Å². The number of hydrogen-bond acceptors (Lipinski definition) is 2. The average molecular weight is 268 g/mol. The number of carbonyl (C=O) groups excluding carboxylic acids is 2. The Morgan fingerprint density at radius 3 is 2.05 bits per heavy atom. The summed E-state index contributed by atoms with van der Waals surface area (Å²) in [5.74, 6) is -0.838. The largest absolute Gasteiger partial charge is 0.285 e. The van der Waals surface area contributed by atoms with Crippen LogP contribution in [-0.4, -0.2) is 11.6 Å². The van der Waals surface area contributed by atoms with Crippen LogP contribution < -0.4 is 0 Å². The molecule has 0 aromatic heterocycles. The van der Waals surface area contributed by atoms with Gasteiger partial charge in [0, 0.05) is 22.0 Å². The minimum absolute atomic E-state index is 0.197. The van der Waals surface area contributed by atoms with Gasteiger partial charge in [0.15, 0.2) is 0 Å². The summed E-state index contributed by atoms with van der Waals surface area (Å²) in [6, 6.07) is 8.72. The van der Waals surface area contributed by atoms with Crippen LogP contribution in [0.2, 0.25) is 0 Å². The normalized spacial score (nSPS) is 19.3. The zero-order chi connectivity index (χ0) is 15.0. The topological polar surface area (TPSA) is 34.1 Å². The number of allylic oxidation sites excluding steroid dienone is 4. The van der Waals surface area contributed by atoms with E-state index in [9.17, 15) is 9.59 Å². The molecule has 2 nitrogen and oxygen atoms in total. The van der Waals surface area contributed by atoms with Crippen molar-refractivity contribution in [2.75, 3.05) is 0 Å². The van der Waals surface area contributed by atoms with E-state index in [1.54, 1.807) is 24.3 Å². The van der Waals surface area contributed by atoms with Gasteiger partial charge in [0.05, 0.1) is 0 Å². The first kappa shape index (κ1) is 14.4. The summed E-state index contributed by atoms with van der Waals surface area (Å²) >= 11 is 0. The Morgan fingerprint density at radius 2 is 1.45 bits per heavy atom. The highest BCUT2D eigenvalue weighted by molar-refractivity contribution is 6.49. The molecule has 0 atom stereocenters. The maximum Gasteiger partial charge on any atom is 0.233 e. The van der Waals surface area contributed by atoms with Crippen molar-refractivity contribution in [1.82, 2.24) is 0 Å². The highest BCUT2D eigenvalue weighted by atomic mass is 16.2. The van der Waals surface area contributed by atoms with Crippen molar-refractivity contribution in [1.29, 1.82) is 0 Å². The van der Waals surface area contributed by atoms with E-state index in [2.05, 4.69) is 6.08 Å². The van der Waals surface area contributed by atoms with Crippen molar-refractivity contribution < 1.29 is 9.59 Å². The van der Waals surface area contributed by atoms with Crippen LogP contribution in [0.4, 0.5) is 0 Å². The van der Waals surface area contributed by atoms with E-state index in [1.807, 2.05) is 45.9 Å². The molecule has 0 radical (unpaired) electrons. The van der Waals surface area contributed by atoms with Gasteiger partial charge in [-0.2, -0.15) is 0 Å². The summed E-state index contributed by atoms with van der Waals surface area (Å²) < 4.78 is 0. The van der Waals surface area contributed by atoms with Gasteiger partial charge < -0.3 is 0 Å². The molecule has 0 saturated heterocycles. The molecule has 0 aliphatic heterocycles. The van der Waals surface area contributed by atoms with Gasteiger partial charge in [0.2, 0.25) is 11.6 Å². The first-order valence-electron chi connectivity index (χ1n) is 6.81. The number of Topliss-reactive ketones (excluding diaryl/α,β-unsaturated/α-hetero) is 2. The van der Waals surface area contributed by atoms with Gasteiger partial charge in [-0.25, -0.2) is 0 Å². The molecule has 1 aromatic carbocycles. The standard InChI is InChI=1S/C18H20O2/c1-17(2)10-11-18(3,4)14(12-17)16(20)15(19)13-8-6-5-7-9-13/h5-12H,1-4H3. The van der Waals surface area contributed by atoms with Crippen molar-refractivity contribution >= 4 is 11.6 Å². The molecule has 2 rings (SSSR count). The Balaban J connectivity index is 2.38. The summed E-state index contributed by atoms with van der Waals surface area (Å²) in [4.78, 5) is 24.9. The lowest BCUT2D eigenvalue weighted by molar-refractivity contribution is -0.112. The lowest BCUT2D eigenvalue weighted by Crippen LogP contribution is -2.30. The molecule has 0 saturated carbocycles. The third kappa shape index (κ3) is 2.79. The summed E-state index contributed by atoms with van der Waals surface area (Å²) in [5.41, 5.74) is 0.426. The summed E-state index contributed by atoms with van der Waals surface area (Å²) in [7, 11) is 0. The lowest BCUT2D eigenvalue weighted by atomic mass is 9.71. The number of carbonyl (C=O) groups is 2. The third-order valence-corrected chi connectivity index (χ3v) is 3.63. The van der Waals surface area contributed by atoms with E-state index in [0.29, 0.717) is 11.1 Å². The first-order valence-corrected chi connectivity index (χ1v) is 6.81. The van der Waals surface area contributed by atoms with Crippen LogP contribution in [-0.2, 0) is 4.79 Å². The average Bonchev–Trinajstić information content (AvgIpc) is 2.41. The minimum Gasteiger partial charge on any atom is -0.285 e. The Hall–Kier alpha value is -1.96.